The van der Waals surface area contributed by atoms with E-state index in [1.54, 1.807) is 0 Å². The molecule has 0 saturated carbocycles. The largest absolute Gasteiger partial charge is 0.507 e. The molecule has 1 heterocycles. The highest BCUT2D eigenvalue weighted by Crippen LogP contribution is 2.49. The van der Waals surface area contributed by atoms with E-state index in [2.05, 4.69) is 0 Å². The number of benzene rings is 3. The maximum absolute atomic E-state index is 12.3. The van der Waals surface area contributed by atoms with Gasteiger partial charge in [-0.1, -0.05) is 6.07 Å². The smallest absolute Gasteiger partial charge is 0.167 e. The van der Waals surface area contributed by atoms with Gasteiger partial charge in [-0.05, 0) is 31.5 Å². The molecule has 0 unspecified atom stereocenters. The molecule has 1 aliphatic rings. The lowest BCUT2D eigenvalue weighted by Crippen LogP contribution is -2.31. The molecule has 0 amide bonds. The highest BCUT2D eigenvalue weighted by Gasteiger charge is 2.36. The summed E-state index contributed by atoms with van der Waals surface area (Å²) < 4.78 is 11.2. The molecule has 4 rings (SSSR count). The second-order valence-electron chi connectivity index (χ2n) is 8.70. The number of ether oxygens (including phenoxy) is 2. The minimum Gasteiger partial charge on any atom is -0.507 e. The molecule has 2 atom stereocenters. The first-order chi connectivity index (χ1) is 17.0. The van der Waals surface area contributed by atoms with E-state index in [1.807, 2.05) is 0 Å². The fourth-order valence-corrected chi connectivity index (χ4v) is 4.58. The van der Waals surface area contributed by atoms with Crippen molar-refractivity contribution >= 4 is 5.78 Å². The lowest BCUT2D eigenvalue weighted by atomic mass is 9.89. The molecule has 0 fully saturated rings. The summed E-state index contributed by atoms with van der Waals surface area (Å²) in [5, 5.41) is 73.1. The molecule has 0 saturated heterocycles. The number of ketones is 1. The Bertz CT molecular complexity index is 1380. The SMILES string of the molecule is COc1c(C)c(O)c(Cc2c(O)cc(O)c3c2O[C@H](c2ccc(O)c(O)c2)[C@@H](O)C3)c(O)c1C(C)=O. The Morgan fingerprint density at radius 3 is 2.28 bits per heavy atom. The number of rotatable bonds is 5. The number of hydrogen-bond acceptors (Lipinski definition) is 10. The van der Waals surface area contributed by atoms with Gasteiger partial charge in [0.05, 0.1) is 13.2 Å². The van der Waals surface area contributed by atoms with Crippen LogP contribution in [0.3, 0.4) is 0 Å². The molecule has 0 aliphatic carbocycles. The number of phenolic OH excluding ortho intramolecular Hbond substituents is 6. The third kappa shape index (κ3) is 3.95. The van der Waals surface area contributed by atoms with Gasteiger partial charge in [0.2, 0.25) is 0 Å². The van der Waals surface area contributed by atoms with Crippen molar-refractivity contribution in [3.8, 4) is 46.0 Å². The fourth-order valence-electron chi connectivity index (χ4n) is 4.58. The predicted octanol–water partition coefficient (Wildman–Crippen LogP) is 3.07. The lowest BCUT2D eigenvalue weighted by molar-refractivity contribution is 0.0190. The van der Waals surface area contributed by atoms with Crippen LogP contribution in [0.5, 0.6) is 46.0 Å². The van der Waals surface area contributed by atoms with E-state index in [1.165, 1.54) is 39.2 Å². The van der Waals surface area contributed by atoms with Crippen molar-refractivity contribution in [1.29, 1.82) is 0 Å². The van der Waals surface area contributed by atoms with Crippen molar-refractivity contribution in [3.05, 3.63) is 57.6 Å². The van der Waals surface area contributed by atoms with Gasteiger partial charge in [0.25, 0.3) is 0 Å². The topological polar surface area (TPSA) is 177 Å². The lowest BCUT2D eigenvalue weighted by Gasteiger charge is -2.33. The first kappa shape index (κ1) is 24.8. The number of hydrogen-bond donors (Lipinski definition) is 7. The van der Waals surface area contributed by atoms with Crippen LogP contribution < -0.4 is 9.47 Å². The summed E-state index contributed by atoms with van der Waals surface area (Å²) in [6.07, 6.45) is -2.59. The monoisotopic (exact) mass is 498 g/mol. The average molecular weight is 498 g/mol. The van der Waals surface area contributed by atoms with Gasteiger partial charge in [0.1, 0.15) is 46.2 Å². The summed E-state index contributed by atoms with van der Waals surface area (Å²) >= 11 is 0. The highest BCUT2D eigenvalue weighted by molar-refractivity contribution is 6.01. The van der Waals surface area contributed by atoms with Crippen molar-refractivity contribution in [2.24, 2.45) is 0 Å². The van der Waals surface area contributed by atoms with Crippen molar-refractivity contribution in [2.75, 3.05) is 7.11 Å². The van der Waals surface area contributed by atoms with E-state index >= 15 is 0 Å². The number of carbonyl (C=O) groups is 1. The summed E-state index contributed by atoms with van der Waals surface area (Å²) in [6.45, 7) is 2.75. The second kappa shape index (κ2) is 9.04. The van der Waals surface area contributed by atoms with Crippen LogP contribution in [0.1, 0.15) is 51.2 Å². The minimum atomic E-state index is -1.15. The standard InChI is InChI=1S/C26H26O10/c1-10-22(33)15(23(34)21(11(2)27)24(10)35-3)7-13-17(29)9-18(30)14-8-20(32)25(36-26(13)14)12-4-5-16(28)19(31)6-12/h4-6,9,20,25,28-34H,7-8H2,1-3H3/t20-,25+/m0/s1. The maximum atomic E-state index is 12.3. The number of phenols is 6. The molecular formula is C26H26O10. The zero-order chi connectivity index (χ0) is 26.5. The summed E-state index contributed by atoms with van der Waals surface area (Å²) in [6, 6.07) is 4.96. The van der Waals surface area contributed by atoms with Gasteiger partial charge in [0, 0.05) is 41.2 Å². The normalized spacial score (nSPS) is 16.8. The second-order valence-corrected chi connectivity index (χ2v) is 8.70. The summed E-state index contributed by atoms with van der Waals surface area (Å²) in [4.78, 5) is 12.3. The Labute approximate surface area is 205 Å². The molecule has 0 bridgehead atoms. The van der Waals surface area contributed by atoms with E-state index in [9.17, 15) is 40.5 Å². The van der Waals surface area contributed by atoms with Gasteiger partial charge >= 0.3 is 0 Å². The van der Waals surface area contributed by atoms with Gasteiger partial charge < -0.3 is 45.2 Å². The Morgan fingerprint density at radius 2 is 1.67 bits per heavy atom. The summed E-state index contributed by atoms with van der Waals surface area (Å²) in [5.41, 5.74) is 0.579. The molecule has 7 N–H and O–H groups in total. The summed E-state index contributed by atoms with van der Waals surface area (Å²) in [5.74, 6) is -2.89. The predicted molar refractivity (Wildman–Crippen MR) is 126 cm³/mol. The zero-order valence-corrected chi connectivity index (χ0v) is 19.7. The number of methoxy groups -OCH3 is 1. The quantitative estimate of drug-likeness (QED) is 0.204. The molecule has 10 heteroatoms. The van der Waals surface area contributed by atoms with Crippen LogP contribution in [0.25, 0.3) is 0 Å². The molecular weight excluding hydrogens is 472 g/mol. The van der Waals surface area contributed by atoms with Gasteiger partial charge in [-0.3, -0.25) is 4.79 Å². The first-order valence-electron chi connectivity index (χ1n) is 11.0. The van der Waals surface area contributed by atoms with Crippen LogP contribution in [0, 0.1) is 6.92 Å². The fraction of sp³-hybridized carbons (Fsp3) is 0.269. The van der Waals surface area contributed by atoms with Crippen LogP contribution >= 0.6 is 0 Å². The van der Waals surface area contributed by atoms with Crippen LogP contribution in [-0.2, 0) is 12.8 Å². The molecule has 0 spiro atoms. The van der Waals surface area contributed by atoms with Gasteiger partial charge in [-0.15, -0.1) is 0 Å². The van der Waals surface area contributed by atoms with Crippen LogP contribution in [0.4, 0.5) is 0 Å². The van der Waals surface area contributed by atoms with Gasteiger partial charge in [-0.25, -0.2) is 0 Å². The van der Waals surface area contributed by atoms with Crippen molar-refractivity contribution in [1.82, 2.24) is 0 Å². The van der Waals surface area contributed by atoms with E-state index in [0.717, 1.165) is 6.07 Å². The number of aromatic hydroxyl groups is 6. The Morgan fingerprint density at radius 1 is 0.972 bits per heavy atom. The molecule has 0 aromatic heterocycles. The van der Waals surface area contributed by atoms with E-state index in [-0.39, 0.29) is 69.4 Å². The van der Waals surface area contributed by atoms with Crippen molar-refractivity contribution in [2.45, 2.75) is 38.9 Å². The molecule has 36 heavy (non-hydrogen) atoms. The van der Waals surface area contributed by atoms with Crippen LogP contribution in [0.2, 0.25) is 0 Å². The number of carbonyl (C=O) groups excluding carboxylic acids is 1. The Kier molecular flexibility index (Phi) is 6.23. The van der Waals surface area contributed by atoms with E-state index in [0.29, 0.717) is 5.56 Å². The molecule has 0 radical (unpaired) electrons. The molecule has 3 aromatic carbocycles. The molecule has 3 aromatic rings. The highest BCUT2D eigenvalue weighted by atomic mass is 16.5. The Balaban J connectivity index is 1.87. The number of aliphatic hydroxyl groups is 1. The number of aliphatic hydroxyl groups excluding tert-OH is 1. The van der Waals surface area contributed by atoms with Gasteiger partial charge in [-0.2, -0.15) is 0 Å². The van der Waals surface area contributed by atoms with Crippen LogP contribution in [-0.4, -0.2) is 54.7 Å². The Hall–Kier alpha value is -4.31. The first-order valence-corrected chi connectivity index (χ1v) is 11.0. The summed E-state index contributed by atoms with van der Waals surface area (Å²) in [7, 11) is 1.30. The van der Waals surface area contributed by atoms with Gasteiger partial charge in [0.15, 0.2) is 17.3 Å². The third-order valence-corrected chi connectivity index (χ3v) is 6.42. The average Bonchev–Trinajstić information content (AvgIpc) is 2.82. The maximum Gasteiger partial charge on any atom is 0.167 e. The third-order valence-electron chi connectivity index (χ3n) is 6.42. The molecule has 1 aliphatic heterocycles. The number of fused-ring (bicyclic) bond motifs is 1. The van der Waals surface area contributed by atoms with Crippen molar-refractivity contribution in [3.63, 3.8) is 0 Å². The van der Waals surface area contributed by atoms with Crippen molar-refractivity contribution < 1.29 is 50.0 Å². The van der Waals surface area contributed by atoms with E-state index < -0.39 is 35.2 Å². The van der Waals surface area contributed by atoms with E-state index in [4.69, 9.17) is 9.47 Å². The molecule has 10 nitrogen and oxygen atoms in total. The van der Waals surface area contributed by atoms with Crippen LogP contribution in [0.15, 0.2) is 24.3 Å². The minimum absolute atomic E-state index is 0.00649. The zero-order valence-electron chi connectivity index (χ0n) is 19.7. The molecule has 190 valence electrons. The number of Topliss-reactive ketones (excluding diaryl/α,β-unsaturated/α-hetero) is 1.